The van der Waals surface area contributed by atoms with Crippen LogP contribution < -0.4 is 10.1 Å². The van der Waals surface area contributed by atoms with Gasteiger partial charge in [-0.15, -0.1) is 0 Å². The van der Waals surface area contributed by atoms with E-state index in [1.165, 1.54) is 25.9 Å². The summed E-state index contributed by atoms with van der Waals surface area (Å²) in [6.45, 7) is 5.01. The molecule has 0 amide bonds. The Balaban J connectivity index is 1.54. The summed E-state index contributed by atoms with van der Waals surface area (Å²) in [6, 6.07) is 6.12. The smallest absolute Gasteiger partial charge is 0.156 e. The maximum absolute atomic E-state index is 6.11. The van der Waals surface area contributed by atoms with Crippen molar-refractivity contribution in [2.45, 2.75) is 18.9 Å². The molecule has 110 valence electrons. The van der Waals surface area contributed by atoms with Crippen molar-refractivity contribution in [3.8, 4) is 5.75 Å². The monoisotopic (exact) mass is 314 g/mol. The summed E-state index contributed by atoms with van der Waals surface area (Å²) in [5.41, 5.74) is 0. The first kappa shape index (κ1) is 14.5. The van der Waals surface area contributed by atoms with E-state index in [9.17, 15) is 0 Å². The summed E-state index contributed by atoms with van der Waals surface area (Å²) in [5, 5.41) is 4.66. The van der Waals surface area contributed by atoms with Gasteiger partial charge < -0.3 is 10.1 Å². The van der Waals surface area contributed by atoms with Crippen LogP contribution in [-0.2, 0) is 0 Å². The van der Waals surface area contributed by atoms with Crippen molar-refractivity contribution in [2.75, 3.05) is 32.8 Å². The van der Waals surface area contributed by atoms with Crippen LogP contribution in [0, 0.1) is 5.92 Å². The lowest BCUT2D eigenvalue weighted by atomic mass is 9.92. The molecular formula is C15H20Cl2N2O. The van der Waals surface area contributed by atoms with Crippen molar-refractivity contribution in [3.05, 3.63) is 28.2 Å². The van der Waals surface area contributed by atoms with Crippen molar-refractivity contribution in [3.63, 3.8) is 0 Å². The minimum Gasteiger partial charge on any atom is -0.489 e. The fraction of sp³-hybridized carbons (Fsp3) is 0.600. The lowest BCUT2D eigenvalue weighted by Crippen LogP contribution is -2.46. The van der Waals surface area contributed by atoms with E-state index in [4.69, 9.17) is 27.9 Å². The first-order valence-electron chi connectivity index (χ1n) is 7.27. The predicted molar refractivity (Wildman–Crippen MR) is 82.9 cm³/mol. The van der Waals surface area contributed by atoms with Gasteiger partial charge in [-0.05, 0) is 44.0 Å². The van der Waals surface area contributed by atoms with Crippen LogP contribution in [0.1, 0.15) is 12.8 Å². The predicted octanol–water partition coefficient (Wildman–Crippen LogP) is 3.06. The number of hydrogen-bond acceptors (Lipinski definition) is 3. The Labute approximate surface area is 130 Å². The molecule has 1 aromatic rings. The second-order valence-corrected chi connectivity index (χ2v) is 6.38. The molecule has 20 heavy (non-hydrogen) atoms. The van der Waals surface area contributed by atoms with Gasteiger partial charge in [0.2, 0.25) is 0 Å². The number of halogens is 2. The third-order valence-electron chi connectivity index (χ3n) is 4.34. The normalized spacial score (nSPS) is 26.5. The van der Waals surface area contributed by atoms with Gasteiger partial charge in [-0.2, -0.15) is 0 Å². The minimum absolute atomic E-state index is 0.580. The standard InChI is InChI=1S/C15H20Cl2N2O/c16-12-4-1-5-13(17)15(12)20-8-7-19-6-2-3-11-9-18-10-14(11)19/h1,4-5,11,14,18H,2-3,6-10H2. The summed E-state index contributed by atoms with van der Waals surface area (Å²) in [6.07, 6.45) is 2.64. The lowest BCUT2D eigenvalue weighted by molar-refractivity contribution is 0.105. The van der Waals surface area contributed by atoms with E-state index >= 15 is 0 Å². The third-order valence-corrected chi connectivity index (χ3v) is 4.93. The maximum atomic E-state index is 6.11. The number of likely N-dealkylation sites (tertiary alicyclic amines) is 1. The number of para-hydroxylation sites is 1. The number of benzene rings is 1. The van der Waals surface area contributed by atoms with Crippen LogP contribution in [0.3, 0.4) is 0 Å². The minimum atomic E-state index is 0.580. The number of nitrogens with one attached hydrogen (secondary N) is 1. The highest BCUT2D eigenvalue weighted by Crippen LogP contribution is 2.32. The van der Waals surface area contributed by atoms with Crippen LogP contribution in [0.15, 0.2) is 18.2 Å². The molecule has 1 aromatic carbocycles. The van der Waals surface area contributed by atoms with Crippen LogP contribution in [0.2, 0.25) is 10.0 Å². The van der Waals surface area contributed by atoms with Gasteiger partial charge in [-0.3, -0.25) is 4.90 Å². The summed E-state index contributed by atoms with van der Waals surface area (Å²) in [7, 11) is 0. The highest BCUT2D eigenvalue weighted by Gasteiger charge is 2.34. The molecule has 1 N–H and O–H groups in total. The Morgan fingerprint density at radius 3 is 2.85 bits per heavy atom. The van der Waals surface area contributed by atoms with Crippen molar-refractivity contribution >= 4 is 23.2 Å². The van der Waals surface area contributed by atoms with Crippen LogP contribution in [0.4, 0.5) is 0 Å². The molecule has 0 spiro atoms. The van der Waals surface area contributed by atoms with Crippen LogP contribution in [0.25, 0.3) is 0 Å². The molecule has 2 fully saturated rings. The van der Waals surface area contributed by atoms with Crippen LogP contribution >= 0.6 is 23.2 Å². The number of ether oxygens (including phenoxy) is 1. The fourth-order valence-corrected chi connectivity index (χ4v) is 3.83. The van der Waals surface area contributed by atoms with Crippen molar-refractivity contribution < 1.29 is 4.74 Å². The molecule has 2 saturated heterocycles. The summed E-state index contributed by atoms with van der Waals surface area (Å²) >= 11 is 12.2. The lowest BCUT2D eigenvalue weighted by Gasteiger charge is -2.36. The van der Waals surface area contributed by atoms with Gasteiger partial charge in [0.1, 0.15) is 6.61 Å². The SMILES string of the molecule is Clc1cccc(Cl)c1OCCN1CCCC2CNCC21. The Bertz CT molecular complexity index is 449. The van der Waals surface area contributed by atoms with E-state index in [2.05, 4.69) is 10.2 Å². The molecule has 2 heterocycles. The van der Waals surface area contributed by atoms with Crippen LogP contribution in [0.5, 0.6) is 5.75 Å². The van der Waals surface area contributed by atoms with Crippen molar-refractivity contribution in [1.82, 2.24) is 10.2 Å². The zero-order valence-corrected chi connectivity index (χ0v) is 13.0. The van der Waals surface area contributed by atoms with Gasteiger partial charge in [0.15, 0.2) is 5.75 Å². The van der Waals surface area contributed by atoms with Gasteiger partial charge in [0.05, 0.1) is 10.0 Å². The Kier molecular flexibility index (Phi) is 4.72. The van der Waals surface area contributed by atoms with Gasteiger partial charge in [-0.25, -0.2) is 0 Å². The molecule has 2 aliphatic heterocycles. The average molecular weight is 315 g/mol. The number of nitrogens with zero attached hydrogens (tertiary/aromatic N) is 1. The van der Waals surface area contributed by atoms with E-state index in [0.717, 1.165) is 19.0 Å². The quantitative estimate of drug-likeness (QED) is 0.924. The first-order chi connectivity index (χ1) is 9.75. The summed E-state index contributed by atoms with van der Waals surface area (Å²) in [4.78, 5) is 2.54. The van der Waals surface area contributed by atoms with Gasteiger partial charge in [-0.1, -0.05) is 29.3 Å². The van der Waals surface area contributed by atoms with E-state index in [0.29, 0.717) is 28.4 Å². The molecule has 0 aliphatic carbocycles. The second kappa shape index (κ2) is 6.52. The largest absolute Gasteiger partial charge is 0.489 e. The van der Waals surface area contributed by atoms with Gasteiger partial charge in [0, 0.05) is 19.1 Å². The van der Waals surface area contributed by atoms with Crippen molar-refractivity contribution in [2.24, 2.45) is 5.92 Å². The molecule has 0 bridgehead atoms. The Morgan fingerprint density at radius 2 is 2.05 bits per heavy atom. The van der Waals surface area contributed by atoms with E-state index in [1.54, 1.807) is 12.1 Å². The molecule has 0 aromatic heterocycles. The topological polar surface area (TPSA) is 24.5 Å². The van der Waals surface area contributed by atoms with Crippen molar-refractivity contribution in [1.29, 1.82) is 0 Å². The third kappa shape index (κ3) is 3.06. The maximum Gasteiger partial charge on any atom is 0.156 e. The average Bonchev–Trinajstić information content (AvgIpc) is 2.91. The van der Waals surface area contributed by atoms with E-state index < -0.39 is 0 Å². The number of rotatable bonds is 4. The van der Waals surface area contributed by atoms with E-state index in [1.807, 2.05) is 6.07 Å². The first-order valence-corrected chi connectivity index (χ1v) is 8.03. The zero-order chi connectivity index (χ0) is 13.9. The molecular weight excluding hydrogens is 295 g/mol. The highest BCUT2D eigenvalue weighted by molar-refractivity contribution is 6.37. The van der Waals surface area contributed by atoms with E-state index in [-0.39, 0.29) is 0 Å². The second-order valence-electron chi connectivity index (χ2n) is 5.56. The van der Waals surface area contributed by atoms with Gasteiger partial charge >= 0.3 is 0 Å². The number of piperidine rings is 1. The fourth-order valence-electron chi connectivity index (χ4n) is 3.33. The number of fused-ring (bicyclic) bond motifs is 1. The summed E-state index contributed by atoms with van der Waals surface area (Å²) < 4.78 is 5.79. The molecule has 2 atom stereocenters. The molecule has 0 radical (unpaired) electrons. The van der Waals surface area contributed by atoms with Gasteiger partial charge in [0.25, 0.3) is 0 Å². The Hall–Kier alpha value is -0.480. The zero-order valence-electron chi connectivity index (χ0n) is 11.4. The highest BCUT2D eigenvalue weighted by atomic mass is 35.5. The molecule has 0 saturated carbocycles. The molecule has 3 rings (SSSR count). The number of hydrogen-bond donors (Lipinski definition) is 1. The molecule has 2 unspecified atom stereocenters. The summed E-state index contributed by atoms with van der Waals surface area (Å²) in [5.74, 6) is 1.42. The Morgan fingerprint density at radius 1 is 1.25 bits per heavy atom. The molecule has 3 nitrogen and oxygen atoms in total. The molecule has 2 aliphatic rings. The van der Waals surface area contributed by atoms with Crippen LogP contribution in [-0.4, -0.2) is 43.7 Å². The molecule has 5 heteroatoms.